The summed E-state index contributed by atoms with van der Waals surface area (Å²) in [7, 11) is 1.82. The summed E-state index contributed by atoms with van der Waals surface area (Å²) in [5, 5.41) is 7.04. The van der Waals surface area contributed by atoms with E-state index in [0.29, 0.717) is 11.9 Å². The minimum Gasteiger partial charge on any atom is -0.355 e. The Labute approximate surface area is 191 Å². The predicted molar refractivity (Wildman–Crippen MR) is 129 cm³/mol. The number of aliphatic imine (C=N–C) groups is 1. The summed E-state index contributed by atoms with van der Waals surface area (Å²) in [4.78, 5) is 13.2. The van der Waals surface area contributed by atoms with Gasteiger partial charge in [0.1, 0.15) is 0 Å². The van der Waals surface area contributed by atoms with Gasteiger partial charge in [-0.15, -0.1) is 24.0 Å². The Balaban J connectivity index is 0.00000300. The summed E-state index contributed by atoms with van der Waals surface area (Å²) >= 11 is 0. The van der Waals surface area contributed by atoms with Crippen LogP contribution in [0.25, 0.3) is 0 Å². The number of guanidine groups is 1. The molecule has 0 amide bonds. The number of hydrogen-bond acceptors (Lipinski definition) is 4. The van der Waals surface area contributed by atoms with Crippen LogP contribution in [-0.4, -0.2) is 67.7 Å². The van der Waals surface area contributed by atoms with Crippen molar-refractivity contribution < 1.29 is 4.39 Å². The molecule has 2 aliphatic rings. The molecular weight excluding hydrogens is 482 g/mol. The first-order chi connectivity index (χ1) is 13.7. The highest BCUT2D eigenvalue weighted by Gasteiger charge is 2.27. The van der Waals surface area contributed by atoms with Crippen molar-refractivity contribution in [3.8, 4) is 0 Å². The molecule has 0 bridgehead atoms. The van der Waals surface area contributed by atoms with Crippen molar-refractivity contribution in [3.63, 3.8) is 0 Å². The van der Waals surface area contributed by atoms with Crippen LogP contribution in [0, 0.1) is 5.82 Å². The molecule has 2 N–H and O–H groups in total. The number of halogens is 2. The van der Waals surface area contributed by atoms with Gasteiger partial charge in [-0.2, -0.15) is 0 Å². The number of anilines is 1. The quantitative estimate of drug-likeness (QED) is 0.330. The molecule has 0 saturated carbocycles. The molecule has 8 heteroatoms. The summed E-state index contributed by atoms with van der Waals surface area (Å²) in [6.07, 6.45) is 8.99. The normalized spacial score (nSPS) is 23.0. The van der Waals surface area contributed by atoms with Crippen molar-refractivity contribution in [3.05, 3.63) is 24.1 Å². The second-order valence-corrected chi connectivity index (χ2v) is 7.88. The van der Waals surface area contributed by atoms with Crippen LogP contribution in [0.3, 0.4) is 0 Å². The molecule has 164 valence electrons. The maximum atomic E-state index is 14.0. The van der Waals surface area contributed by atoms with E-state index in [-0.39, 0.29) is 35.8 Å². The van der Waals surface area contributed by atoms with Gasteiger partial charge in [0, 0.05) is 45.0 Å². The first-order valence-corrected chi connectivity index (χ1v) is 10.8. The van der Waals surface area contributed by atoms with Gasteiger partial charge >= 0.3 is 0 Å². The number of aromatic nitrogens is 1. The summed E-state index contributed by atoms with van der Waals surface area (Å²) in [6, 6.07) is 3.93. The van der Waals surface area contributed by atoms with Gasteiger partial charge in [-0.05, 0) is 50.9 Å². The van der Waals surface area contributed by atoms with Crippen molar-refractivity contribution in [2.45, 2.75) is 57.5 Å². The van der Waals surface area contributed by atoms with E-state index >= 15 is 0 Å². The lowest BCUT2D eigenvalue weighted by molar-refractivity contribution is 0.147. The standard InChI is InChI=1S/C21H35FN6.HI/c1-3-4-12-27-13-6-5-8-18(27)15-25-21(23-2)26-17-10-14-28(16-17)20-19(22)9-7-11-24-20;/h7,9,11,17-18H,3-6,8,10,12-16H2,1-2H3,(H2,23,25,26);1H. The van der Waals surface area contributed by atoms with Crippen molar-refractivity contribution in [1.29, 1.82) is 0 Å². The summed E-state index contributed by atoms with van der Waals surface area (Å²) in [5.41, 5.74) is 0. The van der Waals surface area contributed by atoms with Crippen LogP contribution in [-0.2, 0) is 0 Å². The number of piperidine rings is 1. The Morgan fingerprint density at radius 3 is 2.93 bits per heavy atom. The molecule has 1 aromatic heterocycles. The topological polar surface area (TPSA) is 55.8 Å². The van der Waals surface area contributed by atoms with E-state index in [1.54, 1.807) is 12.3 Å². The highest BCUT2D eigenvalue weighted by molar-refractivity contribution is 14.0. The average Bonchev–Trinajstić information content (AvgIpc) is 3.18. The molecule has 29 heavy (non-hydrogen) atoms. The van der Waals surface area contributed by atoms with Crippen molar-refractivity contribution >= 4 is 35.8 Å². The highest BCUT2D eigenvalue weighted by atomic mass is 127. The van der Waals surface area contributed by atoms with Crippen LogP contribution in [0.1, 0.15) is 45.4 Å². The third kappa shape index (κ3) is 6.94. The third-order valence-electron chi connectivity index (χ3n) is 5.84. The molecule has 3 rings (SSSR count). The number of nitrogens with zero attached hydrogens (tertiary/aromatic N) is 4. The Bertz CT molecular complexity index is 643. The lowest BCUT2D eigenvalue weighted by Gasteiger charge is -2.36. The molecule has 1 aromatic rings. The fourth-order valence-corrected chi connectivity index (χ4v) is 4.23. The van der Waals surface area contributed by atoms with Gasteiger partial charge in [0.25, 0.3) is 0 Å². The highest BCUT2D eigenvalue weighted by Crippen LogP contribution is 2.21. The summed E-state index contributed by atoms with van der Waals surface area (Å²) in [5.74, 6) is 1.04. The molecule has 2 unspecified atom stereocenters. The number of hydrogen-bond donors (Lipinski definition) is 2. The predicted octanol–water partition coefficient (Wildman–Crippen LogP) is 3.24. The zero-order valence-corrected chi connectivity index (χ0v) is 20.1. The van der Waals surface area contributed by atoms with E-state index in [0.717, 1.165) is 32.0 Å². The van der Waals surface area contributed by atoms with Gasteiger partial charge in [-0.3, -0.25) is 9.89 Å². The van der Waals surface area contributed by atoms with Gasteiger partial charge in [0.2, 0.25) is 0 Å². The molecule has 0 aromatic carbocycles. The molecule has 2 saturated heterocycles. The van der Waals surface area contributed by atoms with Gasteiger partial charge in [0.15, 0.2) is 17.6 Å². The van der Waals surface area contributed by atoms with Crippen LogP contribution in [0.4, 0.5) is 10.2 Å². The van der Waals surface area contributed by atoms with Crippen LogP contribution < -0.4 is 15.5 Å². The molecule has 0 spiro atoms. The molecule has 0 radical (unpaired) electrons. The zero-order chi connectivity index (χ0) is 19.8. The Hall–Kier alpha value is -1.16. The minimum absolute atomic E-state index is 0. The fourth-order valence-electron chi connectivity index (χ4n) is 4.23. The maximum absolute atomic E-state index is 14.0. The zero-order valence-electron chi connectivity index (χ0n) is 17.7. The second kappa shape index (κ2) is 12.5. The third-order valence-corrected chi connectivity index (χ3v) is 5.84. The largest absolute Gasteiger partial charge is 0.355 e. The number of rotatable bonds is 7. The minimum atomic E-state index is -0.255. The SMILES string of the molecule is CCCCN1CCCCC1CNC(=NC)NC1CCN(c2ncccc2F)C1.I. The van der Waals surface area contributed by atoms with E-state index in [9.17, 15) is 4.39 Å². The molecule has 2 atom stereocenters. The smallest absolute Gasteiger partial charge is 0.191 e. The first-order valence-electron chi connectivity index (χ1n) is 10.8. The van der Waals surface area contributed by atoms with Gasteiger partial charge in [-0.25, -0.2) is 9.37 Å². The van der Waals surface area contributed by atoms with E-state index < -0.39 is 0 Å². The van der Waals surface area contributed by atoms with E-state index in [2.05, 4.69) is 32.4 Å². The molecule has 2 aliphatic heterocycles. The molecule has 2 fully saturated rings. The number of unbranched alkanes of at least 4 members (excludes halogenated alkanes) is 1. The van der Waals surface area contributed by atoms with Crippen LogP contribution >= 0.6 is 24.0 Å². The number of likely N-dealkylation sites (tertiary alicyclic amines) is 1. The van der Waals surface area contributed by atoms with E-state index in [4.69, 9.17) is 0 Å². The van der Waals surface area contributed by atoms with E-state index in [1.807, 2.05) is 11.9 Å². The van der Waals surface area contributed by atoms with Crippen LogP contribution in [0.5, 0.6) is 0 Å². The lowest BCUT2D eigenvalue weighted by atomic mass is 10.0. The molecular formula is C21H36FIN6. The second-order valence-electron chi connectivity index (χ2n) is 7.88. The summed E-state index contributed by atoms with van der Waals surface area (Å²) < 4.78 is 14.0. The van der Waals surface area contributed by atoms with Crippen LogP contribution in [0.15, 0.2) is 23.3 Å². The van der Waals surface area contributed by atoms with Crippen molar-refractivity contribution in [1.82, 2.24) is 20.5 Å². The van der Waals surface area contributed by atoms with Gasteiger partial charge in [0.05, 0.1) is 0 Å². The van der Waals surface area contributed by atoms with Gasteiger partial charge in [-0.1, -0.05) is 19.8 Å². The van der Waals surface area contributed by atoms with E-state index in [1.165, 1.54) is 51.3 Å². The summed E-state index contributed by atoms with van der Waals surface area (Å²) in [6.45, 7) is 7.13. The molecule has 6 nitrogen and oxygen atoms in total. The Morgan fingerprint density at radius 1 is 1.31 bits per heavy atom. The monoisotopic (exact) mass is 518 g/mol. The van der Waals surface area contributed by atoms with Crippen molar-refractivity contribution in [2.75, 3.05) is 44.7 Å². The first kappa shape index (κ1) is 24.1. The molecule has 0 aliphatic carbocycles. The number of pyridine rings is 1. The van der Waals surface area contributed by atoms with Crippen molar-refractivity contribution in [2.24, 2.45) is 4.99 Å². The van der Waals surface area contributed by atoms with Crippen LogP contribution in [0.2, 0.25) is 0 Å². The van der Waals surface area contributed by atoms with Gasteiger partial charge < -0.3 is 15.5 Å². The Morgan fingerprint density at radius 2 is 2.17 bits per heavy atom. The number of nitrogens with one attached hydrogen (secondary N) is 2. The molecule has 3 heterocycles. The maximum Gasteiger partial charge on any atom is 0.191 e. The fraction of sp³-hybridized carbons (Fsp3) is 0.714. The average molecular weight is 518 g/mol. The Kier molecular flexibility index (Phi) is 10.4. The lowest BCUT2D eigenvalue weighted by Crippen LogP contribution is -2.51.